The predicted octanol–water partition coefficient (Wildman–Crippen LogP) is 2.16. The van der Waals surface area contributed by atoms with Crippen LogP contribution in [0.1, 0.15) is 30.9 Å². The quantitative estimate of drug-likeness (QED) is 0.560. The minimum Gasteiger partial charge on any atom is -0.496 e. The summed E-state index contributed by atoms with van der Waals surface area (Å²) in [5.74, 6) is -0.630. The van der Waals surface area contributed by atoms with Crippen molar-refractivity contribution in [2.75, 3.05) is 20.7 Å². The highest BCUT2D eigenvalue weighted by Gasteiger charge is 2.13. The Morgan fingerprint density at radius 3 is 2.60 bits per heavy atom. The average Bonchev–Trinajstić information content (AvgIpc) is 2.62. The molecule has 0 fully saturated rings. The highest BCUT2D eigenvalue weighted by atomic mass is 16.5. The second-order valence-corrected chi connectivity index (χ2v) is 5.53. The minimum atomic E-state index is -0.665. The Kier molecular flexibility index (Phi) is 9.00. The van der Waals surface area contributed by atoms with Crippen LogP contribution >= 0.6 is 0 Å². The molecule has 6 heteroatoms. The van der Waals surface area contributed by atoms with Crippen molar-refractivity contribution < 1.29 is 14.3 Å². The summed E-state index contributed by atoms with van der Waals surface area (Å²) in [4.78, 5) is 27.9. The van der Waals surface area contributed by atoms with Crippen molar-refractivity contribution in [1.82, 2.24) is 10.6 Å². The molecule has 0 aliphatic rings. The zero-order valence-electron chi connectivity index (χ0n) is 15.4. The Morgan fingerprint density at radius 1 is 1.24 bits per heavy atom. The Bertz CT molecular complexity index is 651. The first-order valence-corrected chi connectivity index (χ1v) is 8.33. The van der Waals surface area contributed by atoms with E-state index in [2.05, 4.69) is 15.6 Å². The number of carbonyl (C=O) groups is 2. The third-order valence-corrected chi connectivity index (χ3v) is 3.59. The van der Waals surface area contributed by atoms with Crippen LogP contribution in [-0.4, -0.2) is 38.2 Å². The van der Waals surface area contributed by atoms with Gasteiger partial charge in [0.1, 0.15) is 5.75 Å². The van der Waals surface area contributed by atoms with Crippen LogP contribution in [-0.2, 0) is 16.1 Å². The summed E-state index contributed by atoms with van der Waals surface area (Å²) >= 11 is 0. The van der Waals surface area contributed by atoms with Gasteiger partial charge >= 0.3 is 11.8 Å². The molecular weight excluding hydrogens is 318 g/mol. The number of nitrogens with one attached hydrogen (secondary N) is 2. The lowest BCUT2D eigenvalue weighted by Gasteiger charge is -2.10. The summed E-state index contributed by atoms with van der Waals surface area (Å²) in [6.07, 6.45) is 5.44. The smallest absolute Gasteiger partial charge is 0.309 e. The summed E-state index contributed by atoms with van der Waals surface area (Å²) in [6, 6.07) is 5.69. The number of carbonyl (C=O) groups excluding carboxylic acids is 2. The van der Waals surface area contributed by atoms with Crippen molar-refractivity contribution in [2.24, 2.45) is 4.99 Å². The molecule has 0 aromatic heterocycles. The normalized spacial score (nSPS) is 11.4. The molecule has 0 bridgehead atoms. The number of aryl methyl sites for hydroxylation is 1. The van der Waals surface area contributed by atoms with Gasteiger partial charge in [0, 0.05) is 37.8 Å². The fourth-order valence-corrected chi connectivity index (χ4v) is 2.16. The first kappa shape index (κ1) is 20.4. The maximum Gasteiger partial charge on any atom is 0.309 e. The summed E-state index contributed by atoms with van der Waals surface area (Å²) in [5.41, 5.74) is 2.77. The maximum atomic E-state index is 11.9. The van der Waals surface area contributed by atoms with E-state index in [9.17, 15) is 9.59 Å². The van der Waals surface area contributed by atoms with Crippen LogP contribution in [0.2, 0.25) is 0 Å². The largest absolute Gasteiger partial charge is 0.496 e. The Labute approximate surface area is 149 Å². The van der Waals surface area contributed by atoms with Gasteiger partial charge in [0.05, 0.1) is 7.11 Å². The Balaban J connectivity index is 2.45. The topological polar surface area (TPSA) is 79.8 Å². The number of ether oxygens (including phenoxy) is 1. The van der Waals surface area contributed by atoms with Gasteiger partial charge in [-0.1, -0.05) is 25.1 Å². The molecule has 6 nitrogen and oxygen atoms in total. The first-order chi connectivity index (χ1) is 12.0. The van der Waals surface area contributed by atoms with E-state index >= 15 is 0 Å². The van der Waals surface area contributed by atoms with E-state index < -0.39 is 11.8 Å². The van der Waals surface area contributed by atoms with Crippen molar-refractivity contribution in [3.8, 4) is 5.75 Å². The molecule has 1 rings (SSSR count). The summed E-state index contributed by atoms with van der Waals surface area (Å²) in [6.45, 7) is 4.60. The van der Waals surface area contributed by atoms with E-state index in [0.717, 1.165) is 23.3 Å². The summed E-state index contributed by atoms with van der Waals surface area (Å²) in [7, 11) is 3.28. The van der Waals surface area contributed by atoms with E-state index in [0.29, 0.717) is 18.7 Å². The van der Waals surface area contributed by atoms with Crippen molar-refractivity contribution in [1.29, 1.82) is 0 Å². The number of nitrogens with zero attached hydrogens (tertiary/aromatic N) is 1. The molecule has 1 aromatic carbocycles. The van der Waals surface area contributed by atoms with E-state index in [1.165, 1.54) is 0 Å². The number of aliphatic imine (C=N–C) groups is 1. The third-order valence-electron chi connectivity index (χ3n) is 3.59. The zero-order valence-corrected chi connectivity index (χ0v) is 15.4. The second-order valence-electron chi connectivity index (χ2n) is 5.53. The number of benzene rings is 1. The fraction of sp³-hybridized carbons (Fsp3) is 0.421. The van der Waals surface area contributed by atoms with Crippen molar-refractivity contribution in [2.45, 2.75) is 33.2 Å². The van der Waals surface area contributed by atoms with Gasteiger partial charge in [-0.15, -0.1) is 0 Å². The summed E-state index contributed by atoms with van der Waals surface area (Å²) in [5, 5.41) is 5.20. The number of hydrogen-bond acceptors (Lipinski definition) is 4. The SMILES string of the molecule is CC/C=C\C(CCNC(=O)C(=O)NCc1ccc(C)cc1OC)=NC. The molecule has 0 aliphatic heterocycles. The number of methoxy groups -OCH3 is 1. The van der Waals surface area contributed by atoms with Crippen LogP contribution in [0.3, 0.4) is 0 Å². The van der Waals surface area contributed by atoms with E-state index in [-0.39, 0.29) is 6.54 Å². The molecule has 0 radical (unpaired) electrons. The lowest BCUT2D eigenvalue weighted by atomic mass is 10.1. The molecule has 2 N–H and O–H groups in total. The van der Waals surface area contributed by atoms with Gasteiger partial charge in [0.2, 0.25) is 0 Å². The van der Waals surface area contributed by atoms with Gasteiger partial charge in [-0.3, -0.25) is 14.6 Å². The number of rotatable bonds is 8. The van der Waals surface area contributed by atoms with E-state index in [4.69, 9.17) is 4.74 Å². The van der Waals surface area contributed by atoms with Crippen LogP contribution in [0.4, 0.5) is 0 Å². The molecule has 1 aromatic rings. The first-order valence-electron chi connectivity index (χ1n) is 8.33. The molecule has 0 heterocycles. The van der Waals surface area contributed by atoms with Crippen molar-refractivity contribution in [3.05, 3.63) is 41.5 Å². The predicted molar refractivity (Wildman–Crippen MR) is 100.0 cm³/mol. The summed E-state index contributed by atoms with van der Waals surface area (Å²) < 4.78 is 5.28. The highest BCUT2D eigenvalue weighted by molar-refractivity contribution is 6.35. The zero-order chi connectivity index (χ0) is 18.7. The Hall–Kier alpha value is -2.63. The van der Waals surface area contributed by atoms with Crippen LogP contribution in [0.25, 0.3) is 0 Å². The lowest BCUT2D eigenvalue weighted by molar-refractivity contribution is -0.139. The molecule has 136 valence electrons. The fourth-order valence-electron chi connectivity index (χ4n) is 2.16. The molecule has 0 spiro atoms. The maximum absolute atomic E-state index is 11.9. The second kappa shape index (κ2) is 11.0. The van der Waals surface area contributed by atoms with Crippen molar-refractivity contribution in [3.63, 3.8) is 0 Å². The van der Waals surface area contributed by atoms with E-state index in [1.807, 2.05) is 44.2 Å². The van der Waals surface area contributed by atoms with Crippen LogP contribution < -0.4 is 15.4 Å². The van der Waals surface area contributed by atoms with Gasteiger partial charge in [0.25, 0.3) is 0 Å². The van der Waals surface area contributed by atoms with Gasteiger partial charge in [0.15, 0.2) is 0 Å². The monoisotopic (exact) mass is 345 g/mol. The number of allylic oxidation sites excluding steroid dienone is 2. The van der Waals surface area contributed by atoms with Crippen molar-refractivity contribution >= 4 is 17.5 Å². The highest BCUT2D eigenvalue weighted by Crippen LogP contribution is 2.19. The van der Waals surface area contributed by atoms with Gasteiger partial charge in [-0.2, -0.15) is 0 Å². The molecule has 0 saturated heterocycles. The Morgan fingerprint density at radius 2 is 1.96 bits per heavy atom. The standard InChI is InChI=1S/C19H27N3O3/c1-5-6-7-16(20-3)10-11-21-18(23)19(24)22-13-15-9-8-14(2)12-17(15)25-4/h6-9,12H,5,10-11,13H2,1-4H3,(H,21,23)(H,22,24)/b7-6-,20-16?. The molecule has 0 aliphatic carbocycles. The van der Waals surface area contributed by atoms with Gasteiger partial charge in [-0.05, 0) is 31.1 Å². The minimum absolute atomic E-state index is 0.233. The third kappa shape index (κ3) is 7.20. The molecule has 0 atom stereocenters. The molecular formula is C19H27N3O3. The molecule has 2 amide bonds. The molecule has 0 saturated carbocycles. The van der Waals surface area contributed by atoms with Crippen LogP contribution in [0.5, 0.6) is 5.75 Å². The molecule has 0 unspecified atom stereocenters. The molecule has 25 heavy (non-hydrogen) atoms. The number of hydrogen-bond donors (Lipinski definition) is 2. The van der Waals surface area contributed by atoms with E-state index in [1.54, 1.807) is 14.2 Å². The lowest BCUT2D eigenvalue weighted by Crippen LogP contribution is -2.40. The van der Waals surface area contributed by atoms with Gasteiger partial charge in [-0.25, -0.2) is 0 Å². The number of amides is 2. The van der Waals surface area contributed by atoms with Gasteiger partial charge < -0.3 is 15.4 Å². The van der Waals surface area contributed by atoms with Crippen LogP contribution in [0.15, 0.2) is 35.3 Å². The average molecular weight is 345 g/mol. The van der Waals surface area contributed by atoms with Crippen LogP contribution in [0, 0.1) is 6.92 Å².